The number of Topliss-reactive ketones (excluding diaryl/α,β-unsaturated/α-hetero) is 1. The summed E-state index contributed by atoms with van der Waals surface area (Å²) < 4.78 is 5.57. The maximum atomic E-state index is 12.8. The molecular formula is C30H32N2O5. The molecule has 1 atom stereocenters. The zero-order valence-electron chi connectivity index (χ0n) is 21.4. The number of nitro benzene ring substituents is 1. The van der Waals surface area contributed by atoms with E-state index >= 15 is 0 Å². The number of ether oxygens (including phenoxy) is 1. The molecule has 0 N–H and O–H groups in total. The summed E-state index contributed by atoms with van der Waals surface area (Å²) in [7, 11) is 1.97. The molecule has 0 saturated heterocycles. The first kappa shape index (κ1) is 27.5. The SMILES string of the molecule is CC(=O)/C(=C/c1cccc([N+](=O)[O-])c1)C(=O)OC(C)CN(C)CCC(c1ccccc1)c1ccccc1. The van der Waals surface area contributed by atoms with E-state index in [1.54, 1.807) is 13.0 Å². The highest BCUT2D eigenvalue weighted by Crippen LogP contribution is 2.28. The molecule has 0 radical (unpaired) electrons. The van der Waals surface area contributed by atoms with Gasteiger partial charge >= 0.3 is 5.97 Å². The Bertz CT molecular complexity index is 1200. The highest BCUT2D eigenvalue weighted by molar-refractivity contribution is 6.19. The largest absolute Gasteiger partial charge is 0.458 e. The number of nitro groups is 1. The zero-order chi connectivity index (χ0) is 26.8. The lowest BCUT2D eigenvalue weighted by atomic mass is 9.88. The van der Waals surface area contributed by atoms with Crippen LogP contribution in [0.5, 0.6) is 0 Å². The highest BCUT2D eigenvalue weighted by atomic mass is 16.6. The monoisotopic (exact) mass is 500 g/mol. The van der Waals surface area contributed by atoms with Gasteiger partial charge in [-0.05, 0) is 56.6 Å². The third-order valence-corrected chi connectivity index (χ3v) is 6.07. The van der Waals surface area contributed by atoms with Gasteiger partial charge in [-0.3, -0.25) is 14.9 Å². The molecule has 3 aromatic carbocycles. The van der Waals surface area contributed by atoms with Crippen LogP contribution in [0.4, 0.5) is 5.69 Å². The number of likely N-dealkylation sites (N-methyl/N-ethyl adjacent to an activating group) is 1. The Morgan fingerprint density at radius 3 is 2.11 bits per heavy atom. The number of carbonyl (C=O) groups excluding carboxylic acids is 2. The summed E-state index contributed by atoms with van der Waals surface area (Å²) in [6.07, 6.45) is 1.76. The molecule has 0 aliphatic carbocycles. The molecular weight excluding hydrogens is 468 g/mol. The normalized spacial score (nSPS) is 12.4. The lowest BCUT2D eigenvalue weighted by molar-refractivity contribution is -0.384. The van der Waals surface area contributed by atoms with Gasteiger partial charge in [0, 0.05) is 24.6 Å². The van der Waals surface area contributed by atoms with Gasteiger partial charge in [-0.25, -0.2) is 4.79 Å². The first-order chi connectivity index (χ1) is 17.7. The lowest BCUT2D eigenvalue weighted by Crippen LogP contribution is -2.32. The number of hydrogen-bond donors (Lipinski definition) is 0. The van der Waals surface area contributed by atoms with Gasteiger partial charge in [-0.15, -0.1) is 0 Å². The van der Waals surface area contributed by atoms with Crippen LogP contribution < -0.4 is 0 Å². The van der Waals surface area contributed by atoms with E-state index < -0.39 is 22.8 Å². The predicted molar refractivity (Wildman–Crippen MR) is 144 cm³/mol. The summed E-state index contributed by atoms with van der Waals surface area (Å²) in [5.74, 6) is -0.970. The smallest absolute Gasteiger partial charge is 0.342 e. The first-order valence-corrected chi connectivity index (χ1v) is 12.2. The molecule has 0 aliphatic rings. The maximum Gasteiger partial charge on any atom is 0.342 e. The van der Waals surface area contributed by atoms with E-state index in [1.165, 1.54) is 42.3 Å². The number of ketones is 1. The molecule has 0 saturated carbocycles. The average Bonchev–Trinajstić information content (AvgIpc) is 2.88. The quantitative estimate of drug-likeness (QED) is 0.0797. The van der Waals surface area contributed by atoms with Crippen molar-refractivity contribution >= 4 is 23.5 Å². The maximum absolute atomic E-state index is 12.8. The number of hydrogen-bond acceptors (Lipinski definition) is 6. The number of esters is 1. The second-order valence-electron chi connectivity index (χ2n) is 9.11. The minimum absolute atomic E-state index is 0.121. The Balaban J connectivity index is 1.62. The summed E-state index contributed by atoms with van der Waals surface area (Å²) >= 11 is 0. The van der Waals surface area contributed by atoms with Crippen LogP contribution in [-0.2, 0) is 14.3 Å². The molecule has 3 aromatic rings. The molecule has 0 heterocycles. The third kappa shape index (κ3) is 8.22. The fourth-order valence-corrected chi connectivity index (χ4v) is 4.26. The highest BCUT2D eigenvalue weighted by Gasteiger charge is 2.21. The van der Waals surface area contributed by atoms with Crippen LogP contribution in [0.25, 0.3) is 6.08 Å². The fraction of sp³-hybridized carbons (Fsp3) is 0.267. The Morgan fingerprint density at radius 1 is 0.973 bits per heavy atom. The number of non-ortho nitro benzene ring substituents is 1. The van der Waals surface area contributed by atoms with Crippen molar-refractivity contribution in [3.63, 3.8) is 0 Å². The van der Waals surface area contributed by atoms with Crippen LogP contribution in [0.1, 0.15) is 42.9 Å². The van der Waals surface area contributed by atoms with Gasteiger partial charge in [0.2, 0.25) is 0 Å². The molecule has 0 bridgehead atoms. The topological polar surface area (TPSA) is 89.8 Å². The van der Waals surface area contributed by atoms with E-state index in [1.807, 2.05) is 43.4 Å². The molecule has 0 aromatic heterocycles. The lowest BCUT2D eigenvalue weighted by Gasteiger charge is -2.25. The fourth-order valence-electron chi connectivity index (χ4n) is 4.26. The standard InChI is InChI=1S/C30H32N2O5/c1-22(37-30(34)29(23(2)33)20-24-11-10-16-27(19-24)32(35)36)21-31(3)18-17-28(25-12-6-4-7-13-25)26-14-8-5-9-15-26/h4-16,19-20,22,28H,17-18,21H2,1-3H3/b29-20-. The zero-order valence-corrected chi connectivity index (χ0v) is 21.4. The Hall–Kier alpha value is -4.10. The Labute approximate surface area is 217 Å². The summed E-state index contributed by atoms with van der Waals surface area (Å²) in [5, 5.41) is 11.0. The van der Waals surface area contributed by atoms with Crippen molar-refractivity contribution in [3.8, 4) is 0 Å². The van der Waals surface area contributed by atoms with Crippen molar-refractivity contribution in [2.24, 2.45) is 0 Å². The van der Waals surface area contributed by atoms with Crippen molar-refractivity contribution in [2.75, 3.05) is 20.1 Å². The number of rotatable bonds is 12. The van der Waals surface area contributed by atoms with Gasteiger partial charge in [0.25, 0.3) is 5.69 Å². The minimum Gasteiger partial charge on any atom is -0.458 e. The van der Waals surface area contributed by atoms with Gasteiger partial charge in [0.05, 0.1) is 4.92 Å². The average molecular weight is 501 g/mol. The van der Waals surface area contributed by atoms with Gasteiger partial charge in [0.15, 0.2) is 5.78 Å². The van der Waals surface area contributed by atoms with Crippen molar-refractivity contribution in [3.05, 3.63) is 117 Å². The number of carbonyl (C=O) groups is 2. The van der Waals surface area contributed by atoms with Gasteiger partial charge < -0.3 is 9.64 Å². The second-order valence-corrected chi connectivity index (χ2v) is 9.11. The van der Waals surface area contributed by atoms with E-state index in [0.29, 0.717) is 12.1 Å². The van der Waals surface area contributed by atoms with Gasteiger partial charge in [-0.1, -0.05) is 72.8 Å². The molecule has 37 heavy (non-hydrogen) atoms. The number of nitrogens with zero attached hydrogens (tertiary/aromatic N) is 2. The van der Waals surface area contributed by atoms with Crippen LogP contribution in [0.15, 0.2) is 90.5 Å². The van der Waals surface area contributed by atoms with Crippen LogP contribution >= 0.6 is 0 Å². The molecule has 0 fully saturated rings. The first-order valence-electron chi connectivity index (χ1n) is 12.2. The second kappa shape index (κ2) is 13.3. The summed E-state index contributed by atoms with van der Waals surface area (Å²) in [4.78, 5) is 37.5. The van der Waals surface area contributed by atoms with Crippen LogP contribution in [0.3, 0.4) is 0 Å². The van der Waals surface area contributed by atoms with Crippen molar-refractivity contribution in [1.82, 2.24) is 4.90 Å². The Morgan fingerprint density at radius 2 is 1.57 bits per heavy atom. The van der Waals surface area contributed by atoms with Crippen molar-refractivity contribution in [2.45, 2.75) is 32.3 Å². The number of benzene rings is 3. The molecule has 7 heteroatoms. The Kier molecular flexibility index (Phi) is 9.86. The third-order valence-electron chi connectivity index (χ3n) is 6.07. The molecule has 7 nitrogen and oxygen atoms in total. The van der Waals surface area contributed by atoms with E-state index in [2.05, 4.69) is 29.2 Å². The summed E-state index contributed by atoms with van der Waals surface area (Å²) in [5.41, 5.74) is 2.61. The molecule has 3 rings (SSSR count). The van der Waals surface area contributed by atoms with Gasteiger partial charge in [-0.2, -0.15) is 0 Å². The summed E-state index contributed by atoms with van der Waals surface area (Å²) in [6.45, 7) is 4.32. The van der Waals surface area contributed by atoms with E-state index in [0.717, 1.165) is 13.0 Å². The van der Waals surface area contributed by atoms with Crippen molar-refractivity contribution < 1.29 is 19.2 Å². The molecule has 0 spiro atoms. The van der Waals surface area contributed by atoms with Crippen LogP contribution in [0, 0.1) is 10.1 Å². The van der Waals surface area contributed by atoms with Crippen LogP contribution in [-0.4, -0.2) is 47.8 Å². The summed E-state index contributed by atoms with van der Waals surface area (Å²) in [6, 6.07) is 26.5. The molecule has 0 amide bonds. The molecule has 1 unspecified atom stereocenters. The van der Waals surface area contributed by atoms with Crippen LogP contribution in [0.2, 0.25) is 0 Å². The molecule has 192 valence electrons. The van der Waals surface area contributed by atoms with Crippen molar-refractivity contribution in [1.29, 1.82) is 0 Å². The van der Waals surface area contributed by atoms with E-state index in [-0.39, 0.29) is 17.2 Å². The molecule has 0 aliphatic heterocycles. The van der Waals surface area contributed by atoms with E-state index in [4.69, 9.17) is 4.74 Å². The predicted octanol–water partition coefficient (Wildman–Crippen LogP) is 5.65. The van der Waals surface area contributed by atoms with E-state index in [9.17, 15) is 19.7 Å². The van der Waals surface area contributed by atoms with Gasteiger partial charge in [0.1, 0.15) is 11.7 Å². The minimum atomic E-state index is -0.744.